The number of nitrogen functional groups attached to an aromatic ring is 1. The van der Waals surface area contributed by atoms with Gasteiger partial charge in [-0.15, -0.1) is 0 Å². The van der Waals surface area contributed by atoms with Gasteiger partial charge in [0.05, 0.1) is 11.6 Å². The van der Waals surface area contributed by atoms with Gasteiger partial charge in [0, 0.05) is 11.6 Å². The van der Waals surface area contributed by atoms with E-state index in [1.54, 1.807) is 12.1 Å². The van der Waals surface area contributed by atoms with Crippen LogP contribution in [0.25, 0.3) is 11.3 Å². The van der Waals surface area contributed by atoms with E-state index in [0.29, 0.717) is 16.5 Å². The van der Waals surface area contributed by atoms with E-state index in [9.17, 15) is 4.79 Å². The van der Waals surface area contributed by atoms with Gasteiger partial charge in [-0.25, -0.2) is 4.68 Å². The summed E-state index contributed by atoms with van der Waals surface area (Å²) < 4.78 is 6.43. The summed E-state index contributed by atoms with van der Waals surface area (Å²) in [5.41, 5.74) is 6.79. The fourth-order valence-electron chi connectivity index (χ4n) is 1.89. The molecule has 0 saturated heterocycles. The Balaban J connectivity index is 1.60. The van der Waals surface area contributed by atoms with Gasteiger partial charge in [0.2, 0.25) is 11.9 Å². The minimum Gasteiger partial charge on any atom is -0.367 e. The van der Waals surface area contributed by atoms with Crippen molar-refractivity contribution in [3.05, 3.63) is 41.0 Å². The fraction of sp³-hybridized carbons (Fsp3) is 0.154. The number of amides is 1. The maximum atomic E-state index is 11.8. The summed E-state index contributed by atoms with van der Waals surface area (Å²) in [6.07, 6.45) is 0. The van der Waals surface area contributed by atoms with Gasteiger partial charge in [-0.2, -0.15) is 0 Å². The van der Waals surface area contributed by atoms with E-state index in [4.69, 9.17) is 21.9 Å². The van der Waals surface area contributed by atoms with E-state index in [0.717, 1.165) is 5.56 Å². The summed E-state index contributed by atoms with van der Waals surface area (Å²) in [5.74, 6) is 0.304. The first-order valence-electron chi connectivity index (χ1n) is 6.62. The first-order chi connectivity index (χ1) is 11.1. The Bertz CT molecular complexity index is 829. The lowest BCUT2D eigenvalue weighted by molar-refractivity contribution is -0.122. The summed E-state index contributed by atoms with van der Waals surface area (Å²) >= 11 is 6.10. The number of halogens is 1. The third-order valence-corrected chi connectivity index (χ3v) is 3.35. The molecule has 0 atom stereocenters. The highest BCUT2D eigenvalue weighted by Crippen LogP contribution is 2.27. The molecule has 9 nitrogen and oxygen atoms in total. The third kappa shape index (κ3) is 3.46. The summed E-state index contributed by atoms with van der Waals surface area (Å²) in [7, 11) is 0. The SMILES string of the molecule is Nc1nnnn1CC(=O)NCc1cc(-c2ccccc2Cl)on1. The van der Waals surface area contributed by atoms with Gasteiger partial charge in [0.25, 0.3) is 0 Å². The highest BCUT2D eigenvalue weighted by atomic mass is 35.5. The van der Waals surface area contributed by atoms with Crippen molar-refractivity contribution >= 4 is 23.5 Å². The number of aromatic nitrogens is 5. The fourth-order valence-corrected chi connectivity index (χ4v) is 2.12. The van der Waals surface area contributed by atoms with Crippen molar-refractivity contribution in [2.24, 2.45) is 0 Å². The topological polar surface area (TPSA) is 125 Å². The van der Waals surface area contributed by atoms with Crippen LogP contribution in [0, 0.1) is 0 Å². The lowest BCUT2D eigenvalue weighted by atomic mass is 10.1. The van der Waals surface area contributed by atoms with E-state index in [1.807, 2.05) is 18.2 Å². The van der Waals surface area contributed by atoms with Crippen molar-refractivity contribution in [3.8, 4) is 11.3 Å². The third-order valence-electron chi connectivity index (χ3n) is 3.02. The first kappa shape index (κ1) is 15.0. The van der Waals surface area contributed by atoms with Crippen molar-refractivity contribution in [1.29, 1.82) is 0 Å². The van der Waals surface area contributed by atoms with E-state index in [2.05, 4.69) is 26.0 Å². The number of anilines is 1. The smallest absolute Gasteiger partial charge is 0.242 e. The monoisotopic (exact) mass is 333 g/mol. The van der Waals surface area contributed by atoms with Crippen molar-refractivity contribution in [2.45, 2.75) is 13.1 Å². The van der Waals surface area contributed by atoms with Gasteiger partial charge >= 0.3 is 0 Å². The molecule has 2 aromatic heterocycles. The van der Waals surface area contributed by atoms with Crippen LogP contribution in [-0.4, -0.2) is 31.3 Å². The van der Waals surface area contributed by atoms with Crippen LogP contribution >= 0.6 is 11.6 Å². The Hall–Kier alpha value is -2.94. The van der Waals surface area contributed by atoms with Crippen LogP contribution in [0.2, 0.25) is 5.02 Å². The number of carbonyl (C=O) groups is 1. The van der Waals surface area contributed by atoms with Crippen LogP contribution in [0.1, 0.15) is 5.69 Å². The minimum atomic E-state index is -0.300. The van der Waals surface area contributed by atoms with Crippen LogP contribution in [0.5, 0.6) is 0 Å². The molecule has 1 amide bonds. The first-order valence-corrected chi connectivity index (χ1v) is 7.00. The maximum absolute atomic E-state index is 11.8. The predicted octanol–water partition coefficient (Wildman–Crippen LogP) is 0.880. The standard InChI is InChI=1S/C13H12ClN7O2/c14-10-4-2-1-3-9(10)11-5-8(18-23-11)6-16-12(22)7-21-13(15)17-19-20-21/h1-5H,6-7H2,(H,16,22)(H2,15,17,20). The van der Waals surface area contributed by atoms with E-state index in [1.165, 1.54) is 4.68 Å². The molecule has 118 valence electrons. The molecule has 0 fully saturated rings. The predicted molar refractivity (Wildman–Crippen MR) is 81.0 cm³/mol. The normalized spacial score (nSPS) is 10.7. The van der Waals surface area contributed by atoms with E-state index >= 15 is 0 Å². The van der Waals surface area contributed by atoms with Crippen LogP contribution < -0.4 is 11.1 Å². The second-order valence-electron chi connectivity index (χ2n) is 4.63. The minimum absolute atomic E-state index is 0.0718. The molecule has 10 heteroatoms. The molecule has 0 aliphatic rings. The molecule has 2 heterocycles. The summed E-state index contributed by atoms with van der Waals surface area (Å²) in [6, 6.07) is 8.98. The van der Waals surface area contributed by atoms with Gasteiger partial charge in [0.15, 0.2) is 5.76 Å². The van der Waals surface area contributed by atoms with E-state index < -0.39 is 0 Å². The number of rotatable bonds is 5. The highest BCUT2D eigenvalue weighted by Gasteiger charge is 2.12. The molecule has 3 aromatic rings. The quantitative estimate of drug-likeness (QED) is 0.710. The lowest BCUT2D eigenvalue weighted by Gasteiger charge is -2.02. The summed E-state index contributed by atoms with van der Waals surface area (Å²) in [5, 5.41) is 17.6. The van der Waals surface area contributed by atoms with Crippen molar-refractivity contribution in [2.75, 3.05) is 5.73 Å². The molecular formula is C13H12ClN7O2. The Kier molecular flexibility index (Phi) is 4.20. The van der Waals surface area contributed by atoms with Crippen molar-refractivity contribution in [1.82, 2.24) is 30.7 Å². The van der Waals surface area contributed by atoms with Gasteiger partial charge in [-0.05, 0) is 22.6 Å². The number of nitrogens with two attached hydrogens (primary N) is 1. The van der Waals surface area contributed by atoms with Crippen molar-refractivity contribution in [3.63, 3.8) is 0 Å². The number of hydrogen-bond donors (Lipinski definition) is 2. The average Bonchev–Trinajstić information content (AvgIpc) is 3.16. The van der Waals surface area contributed by atoms with E-state index in [-0.39, 0.29) is 24.9 Å². The zero-order valence-corrected chi connectivity index (χ0v) is 12.6. The summed E-state index contributed by atoms with van der Waals surface area (Å²) in [6.45, 7) is 0.128. The molecule has 0 spiro atoms. The second-order valence-corrected chi connectivity index (χ2v) is 5.04. The van der Waals surface area contributed by atoms with Crippen LogP contribution in [0.4, 0.5) is 5.95 Å². The molecule has 0 saturated carbocycles. The largest absolute Gasteiger partial charge is 0.367 e. The summed E-state index contributed by atoms with van der Waals surface area (Å²) in [4.78, 5) is 11.8. The van der Waals surface area contributed by atoms with Gasteiger partial charge < -0.3 is 15.6 Å². The number of tetrazole rings is 1. The zero-order chi connectivity index (χ0) is 16.2. The molecule has 1 aromatic carbocycles. The maximum Gasteiger partial charge on any atom is 0.242 e. The molecule has 0 unspecified atom stereocenters. The van der Waals surface area contributed by atoms with Crippen molar-refractivity contribution < 1.29 is 9.32 Å². The van der Waals surface area contributed by atoms with Crippen LogP contribution in [-0.2, 0) is 17.9 Å². The molecule has 3 rings (SSSR count). The van der Waals surface area contributed by atoms with Gasteiger partial charge in [0.1, 0.15) is 12.2 Å². The van der Waals surface area contributed by atoms with Gasteiger partial charge in [-0.1, -0.05) is 34.0 Å². The Morgan fingerprint density at radius 1 is 1.39 bits per heavy atom. The van der Waals surface area contributed by atoms with Gasteiger partial charge in [-0.3, -0.25) is 4.79 Å². The number of carbonyl (C=O) groups excluding carboxylic acids is 1. The molecule has 3 N–H and O–H groups in total. The van der Waals surface area contributed by atoms with Crippen LogP contribution in [0.3, 0.4) is 0 Å². The molecule has 0 aliphatic heterocycles. The Morgan fingerprint density at radius 2 is 2.22 bits per heavy atom. The number of nitrogens with zero attached hydrogens (tertiary/aromatic N) is 5. The lowest BCUT2D eigenvalue weighted by Crippen LogP contribution is -2.28. The number of nitrogens with one attached hydrogen (secondary N) is 1. The molecule has 0 radical (unpaired) electrons. The second kappa shape index (κ2) is 6.44. The molecule has 23 heavy (non-hydrogen) atoms. The Morgan fingerprint density at radius 3 is 2.96 bits per heavy atom. The Labute approximate surface area is 135 Å². The molecule has 0 aliphatic carbocycles. The van der Waals surface area contributed by atoms with Crippen LogP contribution in [0.15, 0.2) is 34.9 Å². The number of benzene rings is 1. The number of hydrogen-bond acceptors (Lipinski definition) is 7. The zero-order valence-electron chi connectivity index (χ0n) is 11.8. The highest BCUT2D eigenvalue weighted by molar-refractivity contribution is 6.33. The molecule has 0 bridgehead atoms. The molecular weight excluding hydrogens is 322 g/mol. The average molecular weight is 334 g/mol.